The Kier molecular flexibility index (Phi) is 3.57. The van der Waals surface area contributed by atoms with E-state index in [0.29, 0.717) is 11.9 Å². The number of aliphatic hydroxyl groups excluding tert-OH is 1. The standard InChI is InChI=1S/C9H14BrN5O/c10-7-3-12-9(14-11)13-8(7)15-2-1-6(4-15)5-16/h3,6,16H,1-2,4-5,11H2,(H,12,13,14). The van der Waals surface area contributed by atoms with Crippen LogP contribution in [0, 0.1) is 5.92 Å². The van der Waals surface area contributed by atoms with E-state index < -0.39 is 0 Å². The van der Waals surface area contributed by atoms with E-state index in [9.17, 15) is 0 Å². The molecule has 0 spiro atoms. The van der Waals surface area contributed by atoms with Gasteiger partial charge in [-0.3, -0.25) is 5.43 Å². The number of nitrogen functional groups attached to an aromatic ring is 1. The Morgan fingerprint density at radius 3 is 3.12 bits per heavy atom. The van der Waals surface area contributed by atoms with Crippen LogP contribution >= 0.6 is 15.9 Å². The number of halogens is 1. The molecule has 2 rings (SSSR count). The van der Waals surface area contributed by atoms with Gasteiger partial charge in [-0.2, -0.15) is 4.98 Å². The average molecular weight is 288 g/mol. The maximum absolute atomic E-state index is 9.10. The van der Waals surface area contributed by atoms with Crippen molar-refractivity contribution in [1.29, 1.82) is 0 Å². The largest absolute Gasteiger partial charge is 0.396 e. The highest BCUT2D eigenvalue weighted by Crippen LogP contribution is 2.28. The predicted molar refractivity (Wildman–Crippen MR) is 64.9 cm³/mol. The van der Waals surface area contributed by atoms with Gasteiger partial charge in [0.1, 0.15) is 5.82 Å². The molecule has 88 valence electrons. The van der Waals surface area contributed by atoms with E-state index in [1.165, 1.54) is 0 Å². The molecule has 0 aliphatic carbocycles. The van der Waals surface area contributed by atoms with Crippen LogP contribution in [0.25, 0.3) is 0 Å². The fourth-order valence-electron chi connectivity index (χ4n) is 1.82. The summed E-state index contributed by atoms with van der Waals surface area (Å²) >= 11 is 3.41. The number of aliphatic hydroxyl groups is 1. The molecule has 1 aromatic heterocycles. The highest BCUT2D eigenvalue weighted by molar-refractivity contribution is 9.10. The van der Waals surface area contributed by atoms with E-state index in [4.69, 9.17) is 10.9 Å². The molecule has 1 unspecified atom stereocenters. The lowest BCUT2D eigenvalue weighted by atomic mass is 10.1. The van der Waals surface area contributed by atoms with E-state index in [1.54, 1.807) is 6.20 Å². The lowest BCUT2D eigenvalue weighted by Gasteiger charge is -2.18. The van der Waals surface area contributed by atoms with Gasteiger partial charge in [0.2, 0.25) is 5.95 Å². The first kappa shape index (κ1) is 11.6. The molecule has 0 saturated carbocycles. The predicted octanol–water partition coefficient (Wildman–Crippen LogP) is 0.343. The maximum Gasteiger partial charge on any atom is 0.239 e. The van der Waals surface area contributed by atoms with Crippen LogP contribution in [0.3, 0.4) is 0 Å². The van der Waals surface area contributed by atoms with Crippen LogP contribution in [0.4, 0.5) is 11.8 Å². The van der Waals surface area contributed by atoms with Crippen LogP contribution in [0.2, 0.25) is 0 Å². The van der Waals surface area contributed by atoms with Crippen LogP contribution < -0.4 is 16.2 Å². The topological polar surface area (TPSA) is 87.3 Å². The van der Waals surface area contributed by atoms with Crippen molar-refractivity contribution < 1.29 is 5.11 Å². The van der Waals surface area contributed by atoms with Crippen molar-refractivity contribution in [3.05, 3.63) is 10.7 Å². The van der Waals surface area contributed by atoms with E-state index in [2.05, 4.69) is 36.2 Å². The number of hydrazine groups is 1. The van der Waals surface area contributed by atoms with Crippen molar-refractivity contribution in [2.75, 3.05) is 30.0 Å². The van der Waals surface area contributed by atoms with Gasteiger partial charge >= 0.3 is 0 Å². The summed E-state index contributed by atoms with van der Waals surface area (Å²) in [4.78, 5) is 10.4. The molecule has 1 saturated heterocycles. The molecule has 16 heavy (non-hydrogen) atoms. The fraction of sp³-hybridized carbons (Fsp3) is 0.556. The molecule has 6 nitrogen and oxygen atoms in total. The van der Waals surface area contributed by atoms with E-state index in [1.807, 2.05) is 0 Å². The zero-order valence-corrected chi connectivity index (χ0v) is 10.3. The first-order valence-corrected chi connectivity index (χ1v) is 5.89. The molecule has 1 atom stereocenters. The van der Waals surface area contributed by atoms with E-state index in [0.717, 1.165) is 29.8 Å². The SMILES string of the molecule is NNc1ncc(Br)c(N2CCC(CO)C2)n1. The summed E-state index contributed by atoms with van der Waals surface area (Å²) in [6.45, 7) is 1.93. The van der Waals surface area contributed by atoms with Gasteiger partial charge in [-0.15, -0.1) is 0 Å². The third-order valence-electron chi connectivity index (χ3n) is 2.70. The lowest BCUT2D eigenvalue weighted by molar-refractivity contribution is 0.238. The summed E-state index contributed by atoms with van der Waals surface area (Å²) in [7, 11) is 0. The van der Waals surface area contributed by atoms with Crippen molar-refractivity contribution in [3.63, 3.8) is 0 Å². The lowest BCUT2D eigenvalue weighted by Crippen LogP contribution is -2.23. The Balaban J connectivity index is 2.20. The Bertz CT molecular complexity index is 375. The summed E-state index contributed by atoms with van der Waals surface area (Å²) in [6, 6.07) is 0. The van der Waals surface area contributed by atoms with E-state index in [-0.39, 0.29) is 6.61 Å². The summed E-state index contributed by atoms with van der Waals surface area (Å²) < 4.78 is 0.838. The molecule has 0 radical (unpaired) electrons. The van der Waals surface area contributed by atoms with E-state index >= 15 is 0 Å². The Morgan fingerprint density at radius 1 is 1.69 bits per heavy atom. The number of hydrogen-bond acceptors (Lipinski definition) is 6. The van der Waals surface area contributed by atoms with Gasteiger partial charge in [0, 0.05) is 31.8 Å². The number of aromatic nitrogens is 2. The van der Waals surface area contributed by atoms with Crippen molar-refractivity contribution in [1.82, 2.24) is 9.97 Å². The number of anilines is 2. The summed E-state index contributed by atoms with van der Waals surface area (Å²) in [5.41, 5.74) is 2.42. The molecule has 1 aromatic rings. The molecule has 1 aliphatic rings. The van der Waals surface area contributed by atoms with Crippen LogP contribution in [0.15, 0.2) is 10.7 Å². The normalized spacial score (nSPS) is 20.2. The first-order valence-electron chi connectivity index (χ1n) is 5.09. The molecular formula is C9H14BrN5O. The highest BCUT2D eigenvalue weighted by atomic mass is 79.9. The Hall–Kier alpha value is -0.920. The summed E-state index contributed by atoms with van der Waals surface area (Å²) in [6.07, 6.45) is 2.65. The Morgan fingerprint density at radius 2 is 2.50 bits per heavy atom. The van der Waals surface area contributed by atoms with Gasteiger partial charge < -0.3 is 10.0 Å². The third kappa shape index (κ3) is 2.26. The number of hydrogen-bond donors (Lipinski definition) is 3. The minimum atomic E-state index is 0.223. The Labute approximate surface area is 102 Å². The second kappa shape index (κ2) is 4.94. The number of nitrogens with two attached hydrogens (primary N) is 1. The molecular weight excluding hydrogens is 274 g/mol. The van der Waals surface area contributed by atoms with Crippen molar-refractivity contribution >= 4 is 27.7 Å². The second-order valence-corrected chi connectivity index (χ2v) is 4.65. The van der Waals surface area contributed by atoms with Gasteiger partial charge in [0.15, 0.2) is 0 Å². The van der Waals surface area contributed by atoms with Gasteiger partial charge in [-0.05, 0) is 22.4 Å². The molecule has 7 heteroatoms. The first-order chi connectivity index (χ1) is 7.74. The molecule has 0 amide bonds. The molecule has 1 aliphatic heterocycles. The van der Waals surface area contributed by atoms with Crippen LogP contribution in [0.1, 0.15) is 6.42 Å². The molecule has 0 bridgehead atoms. The molecule has 2 heterocycles. The maximum atomic E-state index is 9.10. The van der Waals surface area contributed by atoms with Crippen molar-refractivity contribution in [2.24, 2.45) is 11.8 Å². The van der Waals surface area contributed by atoms with Crippen LogP contribution in [-0.4, -0.2) is 34.8 Å². The minimum Gasteiger partial charge on any atom is -0.396 e. The average Bonchev–Trinajstić information content (AvgIpc) is 2.78. The molecule has 0 aromatic carbocycles. The monoisotopic (exact) mass is 287 g/mol. The molecule has 4 N–H and O–H groups in total. The zero-order valence-electron chi connectivity index (χ0n) is 8.73. The summed E-state index contributed by atoms with van der Waals surface area (Å²) in [5, 5.41) is 9.10. The summed E-state index contributed by atoms with van der Waals surface area (Å²) in [5.74, 6) is 6.81. The fourth-order valence-corrected chi connectivity index (χ4v) is 2.27. The zero-order chi connectivity index (χ0) is 11.5. The van der Waals surface area contributed by atoms with Gasteiger partial charge in [0.05, 0.1) is 4.47 Å². The highest BCUT2D eigenvalue weighted by Gasteiger charge is 2.24. The quantitative estimate of drug-likeness (QED) is 0.549. The van der Waals surface area contributed by atoms with Crippen molar-refractivity contribution in [3.8, 4) is 0 Å². The van der Waals surface area contributed by atoms with Crippen LogP contribution in [-0.2, 0) is 0 Å². The number of nitrogens with one attached hydrogen (secondary N) is 1. The van der Waals surface area contributed by atoms with Crippen molar-refractivity contribution in [2.45, 2.75) is 6.42 Å². The van der Waals surface area contributed by atoms with Gasteiger partial charge in [-0.1, -0.05) is 0 Å². The third-order valence-corrected chi connectivity index (χ3v) is 3.26. The minimum absolute atomic E-state index is 0.223. The van der Waals surface area contributed by atoms with Gasteiger partial charge in [-0.25, -0.2) is 10.8 Å². The second-order valence-electron chi connectivity index (χ2n) is 3.79. The van der Waals surface area contributed by atoms with Gasteiger partial charge in [0.25, 0.3) is 0 Å². The molecule has 1 fully saturated rings. The van der Waals surface area contributed by atoms with Crippen LogP contribution in [0.5, 0.6) is 0 Å². The number of rotatable bonds is 3. The number of nitrogens with zero attached hydrogens (tertiary/aromatic N) is 3. The smallest absolute Gasteiger partial charge is 0.239 e.